The quantitative estimate of drug-likeness (QED) is 0.0203. The molecular formula is C51H82O6. The molecule has 0 radical (unpaired) electrons. The fourth-order valence-corrected chi connectivity index (χ4v) is 5.73. The number of rotatable bonds is 39. The van der Waals surface area contributed by atoms with E-state index in [9.17, 15) is 14.4 Å². The molecule has 0 amide bonds. The van der Waals surface area contributed by atoms with Gasteiger partial charge in [-0.25, -0.2) is 0 Å². The summed E-state index contributed by atoms with van der Waals surface area (Å²) in [4.78, 5) is 37.7. The molecule has 0 aromatic carbocycles. The van der Waals surface area contributed by atoms with Gasteiger partial charge in [0, 0.05) is 19.3 Å². The molecule has 1 unspecified atom stereocenters. The Morgan fingerprint density at radius 2 is 0.807 bits per heavy atom. The van der Waals surface area contributed by atoms with Crippen molar-refractivity contribution in [2.75, 3.05) is 13.2 Å². The van der Waals surface area contributed by atoms with Gasteiger partial charge in [0.15, 0.2) is 6.10 Å². The van der Waals surface area contributed by atoms with Crippen LogP contribution in [0.5, 0.6) is 0 Å². The number of esters is 3. The molecule has 322 valence electrons. The van der Waals surface area contributed by atoms with Crippen LogP contribution >= 0.6 is 0 Å². The molecule has 0 saturated heterocycles. The van der Waals surface area contributed by atoms with Crippen LogP contribution in [-0.4, -0.2) is 37.2 Å². The minimum Gasteiger partial charge on any atom is -0.462 e. The zero-order chi connectivity index (χ0) is 41.5. The normalized spacial score (nSPS) is 13.0. The van der Waals surface area contributed by atoms with E-state index in [-0.39, 0.29) is 31.6 Å². The second-order valence-corrected chi connectivity index (χ2v) is 14.7. The molecule has 0 aromatic rings. The molecule has 0 N–H and O–H groups in total. The van der Waals surface area contributed by atoms with Crippen LogP contribution < -0.4 is 0 Å². The Bertz CT molecular complexity index is 1180. The lowest BCUT2D eigenvalue weighted by Gasteiger charge is -2.18. The number of carbonyl (C=O) groups excluding carboxylic acids is 3. The largest absolute Gasteiger partial charge is 0.462 e. The third kappa shape index (κ3) is 43.3. The van der Waals surface area contributed by atoms with Crippen molar-refractivity contribution in [2.45, 2.75) is 194 Å². The molecule has 0 aliphatic heterocycles. The van der Waals surface area contributed by atoms with Crippen molar-refractivity contribution in [1.29, 1.82) is 0 Å². The first kappa shape index (κ1) is 53.3. The van der Waals surface area contributed by atoms with Crippen LogP contribution in [0.1, 0.15) is 188 Å². The van der Waals surface area contributed by atoms with Gasteiger partial charge in [-0.15, -0.1) is 0 Å². The summed E-state index contributed by atoms with van der Waals surface area (Å²) in [6.45, 7) is 6.32. The van der Waals surface area contributed by atoms with Crippen LogP contribution in [0.4, 0.5) is 0 Å². The SMILES string of the molecule is CC\C=C/C=C\C=C/C=C\C=C/CCCCCC(=O)OCC(COC(=O)CCCCCCC/C=C\CCCC)OC(=O)CC/C=C\C/C=C\CCCCCCCC. The number of carbonyl (C=O) groups is 3. The standard InChI is InChI=1S/C51H82O6/c1-4-7-10-13-16-19-22-24-25-27-29-32-35-38-41-44-50(53)56-47-48(46-55-49(52)43-40-37-34-31-28-21-18-15-12-9-6-3)57-51(54)45-42-39-36-33-30-26-23-20-17-14-11-8-5-2/h7,10,13,15-16,18-19,22,24-27,29-30,36,39,48H,4-6,8-9,11-12,14,17,20-21,23,28,31-35,37-38,40-47H2,1-3H3/b10-7-,16-13-,18-15-,22-19-,25-24-,29-27-,30-26-,39-36-. The van der Waals surface area contributed by atoms with Crippen LogP contribution in [0.15, 0.2) is 97.2 Å². The number of hydrogen-bond donors (Lipinski definition) is 0. The van der Waals surface area contributed by atoms with Crippen molar-refractivity contribution in [2.24, 2.45) is 0 Å². The van der Waals surface area contributed by atoms with Crippen molar-refractivity contribution in [3.63, 3.8) is 0 Å². The minimum absolute atomic E-state index is 0.120. The van der Waals surface area contributed by atoms with Crippen LogP contribution in [0.25, 0.3) is 0 Å². The fraction of sp³-hybridized carbons (Fsp3) is 0.627. The Balaban J connectivity index is 4.57. The second kappa shape index (κ2) is 45.0. The summed E-state index contributed by atoms with van der Waals surface area (Å²) in [5, 5.41) is 0. The van der Waals surface area contributed by atoms with Gasteiger partial charge in [-0.1, -0.05) is 189 Å². The monoisotopic (exact) mass is 791 g/mol. The fourth-order valence-electron chi connectivity index (χ4n) is 5.73. The summed E-state index contributed by atoms with van der Waals surface area (Å²) < 4.78 is 16.6. The van der Waals surface area contributed by atoms with E-state index in [1.807, 2.05) is 54.7 Å². The van der Waals surface area contributed by atoms with E-state index in [0.717, 1.165) is 77.0 Å². The molecule has 0 aliphatic rings. The first-order chi connectivity index (χ1) is 28.0. The zero-order valence-electron chi connectivity index (χ0n) is 36.6. The van der Waals surface area contributed by atoms with Gasteiger partial charge in [-0.05, 0) is 77.0 Å². The summed E-state index contributed by atoms with van der Waals surface area (Å²) >= 11 is 0. The van der Waals surface area contributed by atoms with Crippen molar-refractivity contribution in [3.05, 3.63) is 97.2 Å². The topological polar surface area (TPSA) is 78.9 Å². The Morgan fingerprint density at radius 3 is 1.37 bits per heavy atom. The molecule has 0 aromatic heterocycles. The maximum absolute atomic E-state index is 12.7. The predicted octanol–water partition coefficient (Wildman–Crippen LogP) is 14.6. The third-order valence-corrected chi connectivity index (χ3v) is 9.18. The minimum atomic E-state index is -0.827. The maximum atomic E-state index is 12.7. The summed E-state index contributed by atoms with van der Waals surface area (Å²) in [6, 6.07) is 0. The van der Waals surface area contributed by atoms with Crippen LogP contribution in [0.2, 0.25) is 0 Å². The molecule has 0 fully saturated rings. The molecule has 0 aliphatic carbocycles. The second-order valence-electron chi connectivity index (χ2n) is 14.7. The predicted molar refractivity (Wildman–Crippen MR) is 242 cm³/mol. The molecular weight excluding hydrogens is 709 g/mol. The molecule has 6 heteroatoms. The Hall–Kier alpha value is -3.67. The van der Waals surface area contributed by atoms with E-state index in [1.54, 1.807) is 0 Å². The van der Waals surface area contributed by atoms with E-state index in [0.29, 0.717) is 19.3 Å². The summed E-state index contributed by atoms with van der Waals surface area (Å²) in [6.07, 6.45) is 58.3. The summed E-state index contributed by atoms with van der Waals surface area (Å²) in [7, 11) is 0. The van der Waals surface area contributed by atoms with Crippen LogP contribution in [-0.2, 0) is 28.6 Å². The molecule has 6 nitrogen and oxygen atoms in total. The smallest absolute Gasteiger partial charge is 0.306 e. The van der Waals surface area contributed by atoms with E-state index in [1.165, 1.54) is 64.2 Å². The van der Waals surface area contributed by atoms with E-state index >= 15 is 0 Å². The van der Waals surface area contributed by atoms with Gasteiger partial charge < -0.3 is 14.2 Å². The van der Waals surface area contributed by atoms with E-state index in [2.05, 4.69) is 63.3 Å². The third-order valence-electron chi connectivity index (χ3n) is 9.18. The molecule has 0 bridgehead atoms. The lowest BCUT2D eigenvalue weighted by Crippen LogP contribution is -2.30. The first-order valence-electron chi connectivity index (χ1n) is 22.8. The van der Waals surface area contributed by atoms with Crippen molar-refractivity contribution in [1.82, 2.24) is 0 Å². The van der Waals surface area contributed by atoms with Crippen LogP contribution in [0, 0.1) is 0 Å². The van der Waals surface area contributed by atoms with Gasteiger partial charge in [0.25, 0.3) is 0 Å². The molecule has 0 saturated carbocycles. The average Bonchev–Trinajstić information content (AvgIpc) is 3.21. The molecule has 0 heterocycles. The Labute approximate surface area is 349 Å². The van der Waals surface area contributed by atoms with Crippen molar-refractivity contribution in [3.8, 4) is 0 Å². The van der Waals surface area contributed by atoms with Gasteiger partial charge >= 0.3 is 17.9 Å². The molecule has 57 heavy (non-hydrogen) atoms. The van der Waals surface area contributed by atoms with E-state index in [4.69, 9.17) is 14.2 Å². The van der Waals surface area contributed by atoms with Gasteiger partial charge in [-0.3, -0.25) is 14.4 Å². The van der Waals surface area contributed by atoms with Crippen LogP contribution in [0.3, 0.4) is 0 Å². The Kier molecular flexibility index (Phi) is 42.1. The van der Waals surface area contributed by atoms with Crippen molar-refractivity contribution >= 4 is 17.9 Å². The van der Waals surface area contributed by atoms with Gasteiger partial charge in [0.1, 0.15) is 13.2 Å². The number of ether oxygens (including phenoxy) is 3. The first-order valence-corrected chi connectivity index (χ1v) is 22.8. The molecule has 0 rings (SSSR count). The highest BCUT2D eigenvalue weighted by atomic mass is 16.6. The zero-order valence-corrected chi connectivity index (χ0v) is 36.6. The molecule has 0 spiro atoms. The van der Waals surface area contributed by atoms with E-state index < -0.39 is 12.1 Å². The Morgan fingerprint density at radius 1 is 0.386 bits per heavy atom. The molecule has 1 atom stereocenters. The number of unbranched alkanes of at least 4 members (excludes halogenated alkanes) is 16. The maximum Gasteiger partial charge on any atom is 0.306 e. The van der Waals surface area contributed by atoms with Gasteiger partial charge in [-0.2, -0.15) is 0 Å². The highest BCUT2D eigenvalue weighted by molar-refractivity contribution is 5.71. The van der Waals surface area contributed by atoms with Gasteiger partial charge in [0.2, 0.25) is 0 Å². The highest BCUT2D eigenvalue weighted by Crippen LogP contribution is 2.11. The number of hydrogen-bond acceptors (Lipinski definition) is 6. The summed E-state index contributed by atoms with van der Waals surface area (Å²) in [5.74, 6) is -1.05. The highest BCUT2D eigenvalue weighted by Gasteiger charge is 2.19. The lowest BCUT2D eigenvalue weighted by atomic mass is 10.1. The van der Waals surface area contributed by atoms with Crippen molar-refractivity contribution < 1.29 is 28.6 Å². The van der Waals surface area contributed by atoms with Gasteiger partial charge in [0.05, 0.1) is 0 Å². The lowest BCUT2D eigenvalue weighted by molar-refractivity contribution is -0.166. The summed E-state index contributed by atoms with van der Waals surface area (Å²) in [5.41, 5.74) is 0. The average molecular weight is 791 g/mol. The number of allylic oxidation sites excluding steroid dienone is 16.